The summed E-state index contributed by atoms with van der Waals surface area (Å²) in [7, 11) is 0. The molecule has 2 aromatic carbocycles. The van der Waals surface area contributed by atoms with Crippen LogP contribution in [0, 0.1) is 10.1 Å². The number of hydrogen-bond donors (Lipinski definition) is 0. The number of pyridine rings is 1. The molecule has 0 bridgehead atoms. The largest absolute Gasteiger partial charge is 1.00 e. The zero-order chi connectivity index (χ0) is 13.9. The molecule has 0 saturated carbocycles. The van der Waals surface area contributed by atoms with Gasteiger partial charge in [0.15, 0.2) is 12.7 Å². The quantitative estimate of drug-likeness (QED) is 0.384. The molecule has 1 heterocycles. The smallest absolute Gasteiger partial charge is 0.269 e. The van der Waals surface area contributed by atoms with E-state index in [4.69, 9.17) is 0 Å². The molecule has 21 heavy (non-hydrogen) atoms. The number of nitro groups is 1. The standard InChI is InChI=1S/C16H13N2O2.BrH/c19-18(20)15-9-7-13(8-10-15)12-17-11-3-5-14-4-1-2-6-16(14)17;/h1-11H,12H2;1H/q+1;/p-1. The van der Waals surface area contributed by atoms with Gasteiger partial charge in [0.1, 0.15) is 0 Å². The molecule has 0 aliphatic rings. The molecule has 4 nitrogen and oxygen atoms in total. The first-order valence-electron chi connectivity index (χ1n) is 6.34. The lowest BCUT2D eigenvalue weighted by molar-refractivity contribution is -0.662. The molecule has 0 amide bonds. The van der Waals surface area contributed by atoms with Crippen molar-refractivity contribution in [2.24, 2.45) is 0 Å². The molecule has 1 aromatic heterocycles. The van der Waals surface area contributed by atoms with Crippen LogP contribution in [0.25, 0.3) is 10.9 Å². The first-order valence-corrected chi connectivity index (χ1v) is 6.34. The number of halogens is 1. The normalized spacial score (nSPS) is 10.1. The Bertz CT molecular complexity index is 767. The van der Waals surface area contributed by atoms with Crippen LogP contribution in [0.4, 0.5) is 5.69 Å². The van der Waals surface area contributed by atoms with Crippen molar-refractivity contribution in [3.8, 4) is 0 Å². The Hall–Kier alpha value is -2.27. The van der Waals surface area contributed by atoms with E-state index in [1.54, 1.807) is 24.3 Å². The second kappa shape index (κ2) is 6.45. The summed E-state index contributed by atoms with van der Waals surface area (Å²) in [5, 5.41) is 11.8. The Morgan fingerprint density at radius 1 is 0.952 bits per heavy atom. The van der Waals surface area contributed by atoms with Crippen LogP contribution in [0.1, 0.15) is 5.56 Å². The molecule has 0 saturated heterocycles. The van der Waals surface area contributed by atoms with E-state index in [0.717, 1.165) is 11.1 Å². The van der Waals surface area contributed by atoms with Gasteiger partial charge in [-0.15, -0.1) is 0 Å². The predicted octanol–water partition coefficient (Wildman–Crippen LogP) is 0.0878. The van der Waals surface area contributed by atoms with E-state index in [1.807, 2.05) is 24.4 Å². The van der Waals surface area contributed by atoms with E-state index in [9.17, 15) is 10.1 Å². The number of hydrogen-bond acceptors (Lipinski definition) is 2. The minimum absolute atomic E-state index is 0. The molecule has 0 spiro atoms. The predicted molar refractivity (Wildman–Crippen MR) is 76.3 cm³/mol. The molecule has 0 aliphatic heterocycles. The molecule has 0 N–H and O–H groups in total. The van der Waals surface area contributed by atoms with Gasteiger partial charge in [0.2, 0.25) is 5.52 Å². The Labute approximate surface area is 132 Å². The van der Waals surface area contributed by atoms with Gasteiger partial charge in [-0.25, -0.2) is 0 Å². The monoisotopic (exact) mass is 344 g/mol. The molecule has 5 heteroatoms. The molecule has 0 aliphatic carbocycles. The van der Waals surface area contributed by atoms with Gasteiger partial charge >= 0.3 is 0 Å². The highest BCUT2D eigenvalue weighted by Gasteiger charge is 2.10. The Morgan fingerprint density at radius 3 is 2.33 bits per heavy atom. The summed E-state index contributed by atoms with van der Waals surface area (Å²) < 4.78 is 2.14. The fourth-order valence-corrected chi connectivity index (χ4v) is 2.28. The zero-order valence-corrected chi connectivity index (χ0v) is 12.7. The first kappa shape index (κ1) is 15.1. The molecule has 0 unspecified atom stereocenters. The maximum absolute atomic E-state index is 10.6. The number of non-ortho nitro benzene ring substituents is 1. The fourth-order valence-electron chi connectivity index (χ4n) is 2.28. The maximum Gasteiger partial charge on any atom is 0.269 e. The molecule has 0 radical (unpaired) electrons. The number of fused-ring (bicyclic) bond motifs is 1. The van der Waals surface area contributed by atoms with Gasteiger partial charge in [-0.2, -0.15) is 4.57 Å². The fraction of sp³-hybridized carbons (Fsp3) is 0.0625. The van der Waals surface area contributed by atoms with Gasteiger partial charge in [0.05, 0.1) is 4.92 Å². The van der Waals surface area contributed by atoms with Gasteiger partial charge < -0.3 is 17.0 Å². The Kier molecular flexibility index (Phi) is 4.65. The second-order valence-electron chi connectivity index (χ2n) is 4.62. The highest BCUT2D eigenvalue weighted by molar-refractivity contribution is 5.74. The third-order valence-corrected chi connectivity index (χ3v) is 3.29. The summed E-state index contributed by atoms with van der Waals surface area (Å²) in [5.74, 6) is 0. The Balaban J connectivity index is 0.00000161. The Morgan fingerprint density at radius 2 is 1.62 bits per heavy atom. The van der Waals surface area contributed by atoms with Crippen LogP contribution in [0.3, 0.4) is 0 Å². The third-order valence-electron chi connectivity index (χ3n) is 3.29. The SMILES string of the molecule is O=[N+]([O-])c1ccc(C[n+]2cccc3ccccc32)cc1.[Br-]. The topological polar surface area (TPSA) is 47.0 Å². The van der Waals surface area contributed by atoms with E-state index in [0.29, 0.717) is 6.54 Å². The van der Waals surface area contributed by atoms with Crippen molar-refractivity contribution >= 4 is 16.6 Å². The van der Waals surface area contributed by atoms with E-state index in [-0.39, 0.29) is 27.6 Å². The van der Waals surface area contributed by atoms with Gasteiger partial charge in [-0.3, -0.25) is 10.1 Å². The van der Waals surface area contributed by atoms with Crippen molar-refractivity contribution < 1.29 is 26.5 Å². The van der Waals surface area contributed by atoms with Crippen LogP contribution < -0.4 is 21.5 Å². The van der Waals surface area contributed by atoms with E-state index in [1.165, 1.54) is 5.39 Å². The second-order valence-corrected chi connectivity index (χ2v) is 4.62. The molecule has 0 atom stereocenters. The number of nitrogens with zero attached hydrogens (tertiary/aromatic N) is 2. The van der Waals surface area contributed by atoms with Crippen molar-refractivity contribution in [1.29, 1.82) is 0 Å². The molecule has 0 fully saturated rings. The van der Waals surface area contributed by atoms with Crippen molar-refractivity contribution in [2.45, 2.75) is 6.54 Å². The lowest BCUT2D eigenvalue weighted by atomic mass is 10.1. The van der Waals surface area contributed by atoms with Crippen LogP contribution in [0.15, 0.2) is 66.9 Å². The van der Waals surface area contributed by atoms with Gasteiger partial charge in [-0.1, -0.05) is 12.1 Å². The molecule has 106 valence electrons. The van der Waals surface area contributed by atoms with Crippen molar-refractivity contribution in [1.82, 2.24) is 0 Å². The summed E-state index contributed by atoms with van der Waals surface area (Å²) >= 11 is 0. The molecular formula is C16H13BrN2O2. The number of para-hydroxylation sites is 1. The van der Waals surface area contributed by atoms with Crippen molar-refractivity contribution in [3.05, 3.63) is 82.5 Å². The molecule has 3 rings (SSSR count). The summed E-state index contributed by atoms with van der Waals surface area (Å²) in [6.45, 7) is 0.694. The zero-order valence-electron chi connectivity index (χ0n) is 11.1. The number of aromatic nitrogens is 1. The summed E-state index contributed by atoms with van der Waals surface area (Å²) in [6.07, 6.45) is 2.02. The van der Waals surface area contributed by atoms with Crippen LogP contribution in [-0.4, -0.2) is 4.92 Å². The number of nitro benzene ring substituents is 1. The summed E-state index contributed by atoms with van der Waals surface area (Å²) in [4.78, 5) is 10.3. The van der Waals surface area contributed by atoms with Crippen LogP contribution >= 0.6 is 0 Å². The minimum atomic E-state index is -0.380. The summed E-state index contributed by atoms with van der Waals surface area (Å²) in [6, 6.07) is 18.9. The van der Waals surface area contributed by atoms with Crippen LogP contribution in [-0.2, 0) is 6.54 Å². The first-order chi connectivity index (χ1) is 9.74. The highest BCUT2D eigenvalue weighted by Crippen LogP contribution is 2.13. The highest BCUT2D eigenvalue weighted by atomic mass is 79.9. The van der Waals surface area contributed by atoms with E-state index >= 15 is 0 Å². The number of benzene rings is 2. The maximum atomic E-state index is 10.6. The van der Waals surface area contributed by atoms with Crippen LogP contribution in [0.5, 0.6) is 0 Å². The van der Waals surface area contributed by atoms with Gasteiger partial charge in [-0.05, 0) is 24.3 Å². The average Bonchev–Trinajstić information content (AvgIpc) is 2.48. The minimum Gasteiger partial charge on any atom is -1.00 e. The molecule has 3 aromatic rings. The van der Waals surface area contributed by atoms with Crippen molar-refractivity contribution in [3.63, 3.8) is 0 Å². The number of rotatable bonds is 3. The third kappa shape index (κ3) is 3.25. The van der Waals surface area contributed by atoms with Crippen LogP contribution in [0.2, 0.25) is 0 Å². The lowest BCUT2D eigenvalue weighted by Crippen LogP contribution is -3.00. The average molecular weight is 345 g/mol. The van der Waals surface area contributed by atoms with E-state index in [2.05, 4.69) is 22.8 Å². The van der Waals surface area contributed by atoms with Gasteiger partial charge in [0.25, 0.3) is 5.69 Å². The lowest BCUT2D eigenvalue weighted by Gasteiger charge is -2.01. The van der Waals surface area contributed by atoms with Gasteiger partial charge in [0, 0.05) is 35.2 Å². The van der Waals surface area contributed by atoms with Crippen molar-refractivity contribution in [2.75, 3.05) is 0 Å². The van der Waals surface area contributed by atoms with E-state index < -0.39 is 0 Å². The summed E-state index contributed by atoms with van der Waals surface area (Å²) in [5.41, 5.74) is 2.31. The molecular weight excluding hydrogens is 332 g/mol.